The number of amides is 1. The maximum absolute atomic E-state index is 12.5. The molecule has 4 heterocycles. The molecule has 2 fully saturated rings. The quantitative estimate of drug-likeness (QED) is 0.0656. The molecular formula is C43H51N5O2S2+2. The Labute approximate surface area is 317 Å². The molecular weight excluding hydrogens is 683 g/mol. The molecule has 0 bridgehead atoms. The van der Waals surface area contributed by atoms with Crippen LogP contribution >= 0.6 is 21.6 Å². The van der Waals surface area contributed by atoms with Crippen LogP contribution < -0.4 is 24.3 Å². The van der Waals surface area contributed by atoms with Gasteiger partial charge in [-0.1, -0.05) is 70.2 Å². The van der Waals surface area contributed by atoms with Crippen molar-refractivity contribution < 1.29 is 18.7 Å². The molecule has 52 heavy (non-hydrogen) atoms. The maximum atomic E-state index is 12.5. The van der Waals surface area contributed by atoms with Crippen LogP contribution in [0.5, 0.6) is 0 Å². The number of aromatic nitrogens is 2. The molecule has 270 valence electrons. The van der Waals surface area contributed by atoms with Crippen molar-refractivity contribution in [3.8, 4) is 0 Å². The van der Waals surface area contributed by atoms with Crippen LogP contribution in [0.2, 0.25) is 0 Å². The Balaban J connectivity index is 0.788. The van der Waals surface area contributed by atoms with E-state index in [1.54, 1.807) is 21.6 Å². The van der Waals surface area contributed by atoms with Crippen LogP contribution in [0.25, 0.3) is 24.3 Å². The number of pyridine rings is 2. The largest absolute Gasteiger partial charge is 0.372 e. The van der Waals surface area contributed by atoms with E-state index in [0.717, 1.165) is 55.2 Å². The van der Waals surface area contributed by atoms with Gasteiger partial charge in [-0.05, 0) is 78.6 Å². The van der Waals surface area contributed by atoms with E-state index in [-0.39, 0.29) is 11.7 Å². The van der Waals surface area contributed by atoms with Crippen LogP contribution in [-0.4, -0.2) is 55.9 Å². The zero-order valence-electron chi connectivity index (χ0n) is 30.1. The summed E-state index contributed by atoms with van der Waals surface area (Å²) >= 11 is 0. The number of hydrogen-bond acceptors (Lipinski definition) is 6. The first-order valence-corrected chi connectivity index (χ1v) is 21.1. The first kappa shape index (κ1) is 37.4. The number of carbonyl (C=O) groups excluding carboxylic acids is 2. The molecule has 2 aromatic heterocycles. The van der Waals surface area contributed by atoms with Gasteiger partial charge in [0.05, 0.1) is 0 Å². The van der Waals surface area contributed by atoms with E-state index < -0.39 is 0 Å². The number of ketones is 1. The number of benzene rings is 2. The minimum Gasteiger partial charge on any atom is -0.372 e. The Hall–Kier alpha value is -4.34. The number of Topliss-reactive ketones (excluding diaryl/α,β-unsaturated/α-hetero) is 1. The van der Waals surface area contributed by atoms with Crippen LogP contribution in [0, 0.1) is 0 Å². The van der Waals surface area contributed by atoms with Crippen molar-refractivity contribution in [2.45, 2.75) is 51.6 Å². The highest BCUT2D eigenvalue weighted by Crippen LogP contribution is 2.23. The lowest BCUT2D eigenvalue weighted by molar-refractivity contribution is -0.684. The van der Waals surface area contributed by atoms with Crippen molar-refractivity contribution in [3.63, 3.8) is 0 Å². The molecule has 6 rings (SSSR count). The van der Waals surface area contributed by atoms with Crippen molar-refractivity contribution in [1.82, 2.24) is 5.32 Å². The molecule has 2 aliphatic heterocycles. The fourth-order valence-corrected chi connectivity index (χ4v) is 8.48. The molecule has 0 unspecified atom stereocenters. The summed E-state index contributed by atoms with van der Waals surface area (Å²) in [6, 6.07) is 25.7. The minimum atomic E-state index is 0.00621. The fourth-order valence-electron chi connectivity index (χ4n) is 6.48. The van der Waals surface area contributed by atoms with Crippen molar-refractivity contribution >= 4 is 69.0 Å². The van der Waals surface area contributed by atoms with Gasteiger partial charge < -0.3 is 15.1 Å². The second-order valence-electron chi connectivity index (χ2n) is 13.5. The van der Waals surface area contributed by atoms with Gasteiger partial charge in [0.1, 0.15) is 0 Å². The SMILES string of the molecule is O=C(CCCSSCCNC(=O)C[n+]1ccc(/C=C/c2ccc(N3CCCC3)cc2)cc1)C[n+]1ccc(/C=C/c2ccc(N3CCCC3)cc2)cc1. The fraction of sp³-hybridized carbons (Fsp3) is 0.349. The highest BCUT2D eigenvalue weighted by atomic mass is 33.1. The minimum absolute atomic E-state index is 0.00621. The predicted octanol–water partition coefficient (Wildman–Crippen LogP) is 7.35. The number of nitrogens with one attached hydrogen (secondary N) is 1. The second-order valence-corrected chi connectivity index (χ2v) is 16.2. The number of nitrogens with zero attached hydrogens (tertiary/aromatic N) is 4. The van der Waals surface area contributed by atoms with E-state index in [0.29, 0.717) is 26.1 Å². The summed E-state index contributed by atoms with van der Waals surface area (Å²) in [5.41, 5.74) is 7.20. The molecule has 0 saturated carbocycles. The summed E-state index contributed by atoms with van der Waals surface area (Å²) < 4.78 is 3.85. The van der Waals surface area contributed by atoms with Gasteiger partial charge >= 0.3 is 0 Å². The number of rotatable bonds is 18. The van der Waals surface area contributed by atoms with Gasteiger partial charge in [-0.25, -0.2) is 0 Å². The lowest BCUT2D eigenvalue weighted by atomic mass is 10.1. The summed E-state index contributed by atoms with van der Waals surface area (Å²) in [7, 11) is 3.50. The third-order valence-corrected chi connectivity index (χ3v) is 12.0. The van der Waals surface area contributed by atoms with Crippen LogP contribution in [0.15, 0.2) is 97.6 Å². The van der Waals surface area contributed by atoms with Crippen LogP contribution in [-0.2, 0) is 22.7 Å². The first-order valence-electron chi connectivity index (χ1n) is 18.6. The molecule has 4 aromatic rings. The van der Waals surface area contributed by atoms with Crippen LogP contribution in [0.4, 0.5) is 11.4 Å². The summed E-state index contributed by atoms with van der Waals surface area (Å²) in [6.07, 6.45) is 22.9. The summed E-state index contributed by atoms with van der Waals surface area (Å²) in [4.78, 5) is 29.9. The Kier molecular flexibility index (Phi) is 14.4. The van der Waals surface area contributed by atoms with Crippen LogP contribution in [0.1, 0.15) is 60.8 Å². The Morgan fingerprint density at radius 2 is 1.00 bits per heavy atom. The van der Waals surface area contributed by atoms with E-state index in [1.165, 1.54) is 48.2 Å². The average Bonchev–Trinajstić information content (AvgIpc) is 3.92. The highest BCUT2D eigenvalue weighted by Gasteiger charge is 2.13. The molecule has 0 radical (unpaired) electrons. The number of hydrogen-bond donors (Lipinski definition) is 1. The van der Waals surface area contributed by atoms with E-state index in [1.807, 2.05) is 46.1 Å². The standard InChI is InChI=1S/C43H50N5O2S2/c49-42(34-45-28-19-38(20-29-45)9-7-36-11-15-40(16-12-36)47-24-1-2-25-47)6-5-32-51-52-33-23-44-43(50)35-46-30-21-39(22-31-46)10-8-37-13-17-41(18-14-37)48-26-3-4-27-48/h7-22,28-31H,1-6,23-27,32-35H2/q+1/p+1. The van der Waals surface area contributed by atoms with Crippen molar-refractivity contribution in [2.75, 3.05) is 54.0 Å². The zero-order chi connectivity index (χ0) is 35.8. The number of carbonyl (C=O) groups is 2. The zero-order valence-corrected chi connectivity index (χ0v) is 31.7. The van der Waals surface area contributed by atoms with Gasteiger partial charge in [0.2, 0.25) is 13.1 Å². The van der Waals surface area contributed by atoms with Gasteiger partial charge in [-0.15, -0.1) is 0 Å². The van der Waals surface area contributed by atoms with Gasteiger partial charge in [-0.3, -0.25) is 9.59 Å². The summed E-state index contributed by atoms with van der Waals surface area (Å²) in [5, 5.41) is 3.01. The predicted molar refractivity (Wildman–Crippen MR) is 219 cm³/mol. The molecule has 9 heteroatoms. The maximum Gasteiger partial charge on any atom is 0.286 e. The molecule has 7 nitrogen and oxygen atoms in total. The molecule has 2 aliphatic rings. The first-order chi connectivity index (χ1) is 25.6. The second kappa shape index (κ2) is 20.0. The molecule has 0 spiro atoms. The van der Waals surface area contributed by atoms with Crippen molar-refractivity contribution in [1.29, 1.82) is 0 Å². The normalized spacial score (nSPS) is 14.5. The Morgan fingerprint density at radius 3 is 1.48 bits per heavy atom. The van der Waals surface area contributed by atoms with Crippen molar-refractivity contribution in [2.24, 2.45) is 0 Å². The summed E-state index contributed by atoms with van der Waals surface area (Å²) in [5.74, 6) is 2.00. The highest BCUT2D eigenvalue weighted by molar-refractivity contribution is 8.76. The van der Waals surface area contributed by atoms with Crippen LogP contribution in [0.3, 0.4) is 0 Å². The molecule has 2 saturated heterocycles. The summed E-state index contributed by atoms with van der Waals surface area (Å²) in [6.45, 7) is 5.96. The average molecular weight is 734 g/mol. The van der Waals surface area contributed by atoms with E-state index >= 15 is 0 Å². The smallest absolute Gasteiger partial charge is 0.286 e. The van der Waals surface area contributed by atoms with Gasteiger partial charge in [0, 0.05) is 86.3 Å². The van der Waals surface area contributed by atoms with Gasteiger partial charge in [0.25, 0.3) is 5.91 Å². The van der Waals surface area contributed by atoms with Gasteiger partial charge in [0.15, 0.2) is 30.6 Å². The molecule has 0 aliphatic carbocycles. The third-order valence-electron chi connectivity index (χ3n) is 9.46. The van der Waals surface area contributed by atoms with E-state index in [4.69, 9.17) is 0 Å². The van der Waals surface area contributed by atoms with Gasteiger partial charge in [-0.2, -0.15) is 9.13 Å². The van der Waals surface area contributed by atoms with E-state index in [2.05, 4.69) is 100 Å². The molecule has 1 N–H and O–H groups in total. The Morgan fingerprint density at radius 1 is 0.577 bits per heavy atom. The third kappa shape index (κ3) is 12.1. The lowest BCUT2D eigenvalue weighted by Gasteiger charge is -2.17. The monoisotopic (exact) mass is 733 g/mol. The lowest BCUT2D eigenvalue weighted by Crippen LogP contribution is -2.42. The Bertz CT molecular complexity index is 1630. The van der Waals surface area contributed by atoms with Crippen molar-refractivity contribution in [3.05, 3.63) is 120 Å². The molecule has 1 amide bonds. The molecule has 2 aromatic carbocycles. The van der Waals surface area contributed by atoms with E-state index in [9.17, 15) is 9.59 Å². The number of anilines is 2. The molecule has 0 atom stereocenters. The topological polar surface area (TPSA) is 60.4 Å².